The normalized spacial score (nSPS) is 24.5. The van der Waals surface area contributed by atoms with E-state index in [-0.39, 0.29) is 24.7 Å². The summed E-state index contributed by atoms with van der Waals surface area (Å²) in [5.74, 6) is -0.787. The van der Waals surface area contributed by atoms with Gasteiger partial charge in [-0.05, 0) is 107 Å². The van der Waals surface area contributed by atoms with Crippen LogP contribution in [-0.2, 0) is 18.8 Å². The molecule has 0 saturated carbocycles. The Bertz CT molecular complexity index is 1160. The average Bonchev–Trinajstić information content (AvgIpc) is 2.94. The summed E-state index contributed by atoms with van der Waals surface area (Å²) in [5, 5.41) is 0. The summed E-state index contributed by atoms with van der Waals surface area (Å²) in [7, 11) is 2.16. The van der Waals surface area contributed by atoms with E-state index in [1.54, 1.807) is 0 Å². The van der Waals surface area contributed by atoms with E-state index in [0.29, 0.717) is 36.8 Å². The summed E-state index contributed by atoms with van der Waals surface area (Å²) < 4.78 is 81.1. The number of carbonyl (C=O) groups excluding carboxylic acids is 1. The van der Waals surface area contributed by atoms with Crippen LogP contribution in [0.1, 0.15) is 65.6 Å². The Labute approximate surface area is 237 Å². The van der Waals surface area contributed by atoms with Crippen LogP contribution in [0.2, 0.25) is 0 Å². The van der Waals surface area contributed by atoms with Crippen LogP contribution in [0.4, 0.5) is 26.3 Å². The number of amides is 1. The quantitative estimate of drug-likeness (QED) is 0.374. The monoisotopic (exact) mass is 581 g/mol. The molecule has 4 nitrogen and oxygen atoms in total. The van der Waals surface area contributed by atoms with Crippen molar-refractivity contribution in [3.63, 3.8) is 0 Å². The highest BCUT2D eigenvalue weighted by molar-refractivity contribution is 5.95. The SMILES string of the molecule is CN1CCC2(CC1)CCN(C1CCN(C(=O)c3cc(C(F)(F)F)cc(C(F)(F)F)c3)C(Cc3ccccc3)C1)CC2. The van der Waals surface area contributed by atoms with Crippen LogP contribution in [-0.4, -0.2) is 72.5 Å². The zero-order valence-corrected chi connectivity index (χ0v) is 23.3. The third-order valence-electron chi connectivity index (χ3n) is 9.52. The van der Waals surface area contributed by atoms with Crippen molar-refractivity contribution >= 4 is 5.91 Å². The molecule has 0 bridgehead atoms. The highest BCUT2D eigenvalue weighted by atomic mass is 19.4. The topological polar surface area (TPSA) is 26.8 Å². The van der Waals surface area contributed by atoms with Crippen molar-refractivity contribution in [3.8, 4) is 0 Å². The largest absolute Gasteiger partial charge is 0.416 e. The number of piperidine rings is 3. The van der Waals surface area contributed by atoms with Crippen LogP contribution >= 0.6 is 0 Å². The molecule has 2 atom stereocenters. The van der Waals surface area contributed by atoms with Gasteiger partial charge in [0, 0.05) is 24.2 Å². The summed E-state index contributed by atoms with van der Waals surface area (Å²) in [4.78, 5) is 20.0. The fraction of sp³-hybridized carbons (Fsp3) is 0.581. The van der Waals surface area contributed by atoms with Crippen molar-refractivity contribution in [2.45, 2.75) is 69.4 Å². The van der Waals surface area contributed by atoms with E-state index < -0.39 is 35.0 Å². The third-order valence-corrected chi connectivity index (χ3v) is 9.52. The second kappa shape index (κ2) is 11.6. The highest BCUT2D eigenvalue weighted by Crippen LogP contribution is 2.42. The molecule has 3 heterocycles. The number of hydrogen-bond acceptors (Lipinski definition) is 3. The summed E-state index contributed by atoms with van der Waals surface area (Å²) in [5.41, 5.74) is -2.16. The van der Waals surface area contributed by atoms with Gasteiger partial charge in [-0.15, -0.1) is 0 Å². The van der Waals surface area contributed by atoms with Crippen LogP contribution in [0.15, 0.2) is 48.5 Å². The minimum Gasteiger partial charge on any atom is -0.335 e. The second-order valence-corrected chi connectivity index (χ2v) is 12.2. The van der Waals surface area contributed by atoms with Gasteiger partial charge in [-0.25, -0.2) is 0 Å². The van der Waals surface area contributed by atoms with E-state index in [4.69, 9.17) is 0 Å². The molecule has 2 unspecified atom stereocenters. The molecule has 0 aliphatic carbocycles. The zero-order chi connectivity index (χ0) is 29.4. The number of halogens is 6. The number of rotatable bonds is 4. The molecule has 10 heteroatoms. The lowest BCUT2D eigenvalue weighted by atomic mass is 9.71. The van der Waals surface area contributed by atoms with E-state index in [9.17, 15) is 31.1 Å². The van der Waals surface area contributed by atoms with Gasteiger partial charge in [0.15, 0.2) is 0 Å². The summed E-state index contributed by atoms with van der Waals surface area (Å²) in [6.07, 6.45) is -3.59. The van der Waals surface area contributed by atoms with E-state index in [1.165, 1.54) is 17.7 Å². The molecule has 3 aliphatic rings. The van der Waals surface area contributed by atoms with Crippen LogP contribution in [0.5, 0.6) is 0 Å². The van der Waals surface area contributed by atoms with Crippen LogP contribution in [0.3, 0.4) is 0 Å². The van der Waals surface area contributed by atoms with Gasteiger partial charge in [-0.2, -0.15) is 26.3 Å². The molecule has 0 N–H and O–H groups in total. The van der Waals surface area contributed by atoms with Gasteiger partial charge in [0.2, 0.25) is 0 Å². The average molecular weight is 582 g/mol. The lowest BCUT2D eigenvalue weighted by Gasteiger charge is -2.50. The number of likely N-dealkylation sites (tertiary alicyclic amines) is 3. The van der Waals surface area contributed by atoms with Crippen molar-refractivity contribution in [2.24, 2.45) is 5.41 Å². The molecule has 41 heavy (non-hydrogen) atoms. The number of hydrogen-bond donors (Lipinski definition) is 0. The molecule has 2 aromatic rings. The number of alkyl halides is 6. The molecule has 5 rings (SSSR count). The third kappa shape index (κ3) is 6.91. The molecule has 1 amide bonds. The smallest absolute Gasteiger partial charge is 0.335 e. The molecule has 1 spiro atoms. The van der Waals surface area contributed by atoms with Crippen molar-refractivity contribution in [1.82, 2.24) is 14.7 Å². The summed E-state index contributed by atoms with van der Waals surface area (Å²) >= 11 is 0. The lowest BCUT2D eigenvalue weighted by Crippen LogP contribution is -2.55. The predicted octanol–water partition coefficient (Wildman–Crippen LogP) is 6.75. The van der Waals surface area contributed by atoms with Gasteiger partial charge in [0.05, 0.1) is 11.1 Å². The second-order valence-electron chi connectivity index (χ2n) is 12.2. The molecular formula is C31H37F6N3O. The maximum Gasteiger partial charge on any atom is 0.416 e. The van der Waals surface area contributed by atoms with E-state index in [0.717, 1.165) is 44.6 Å². The van der Waals surface area contributed by atoms with Gasteiger partial charge in [-0.1, -0.05) is 30.3 Å². The maximum absolute atomic E-state index is 13.6. The Balaban J connectivity index is 1.36. The number of nitrogens with zero attached hydrogens (tertiary/aromatic N) is 3. The van der Waals surface area contributed by atoms with Gasteiger partial charge >= 0.3 is 12.4 Å². The van der Waals surface area contributed by atoms with Crippen molar-refractivity contribution in [3.05, 3.63) is 70.8 Å². The van der Waals surface area contributed by atoms with Crippen molar-refractivity contribution in [1.29, 1.82) is 0 Å². The van der Waals surface area contributed by atoms with Crippen molar-refractivity contribution in [2.75, 3.05) is 39.8 Å². The fourth-order valence-corrected chi connectivity index (χ4v) is 6.91. The fourth-order valence-electron chi connectivity index (χ4n) is 6.91. The minimum absolute atomic E-state index is 0.0674. The maximum atomic E-state index is 13.6. The highest BCUT2D eigenvalue weighted by Gasteiger charge is 2.42. The molecule has 3 aliphatic heterocycles. The van der Waals surface area contributed by atoms with E-state index in [1.807, 2.05) is 30.3 Å². The van der Waals surface area contributed by atoms with Crippen LogP contribution in [0, 0.1) is 5.41 Å². The lowest BCUT2D eigenvalue weighted by molar-refractivity contribution is -0.143. The Morgan fingerprint density at radius 2 is 1.39 bits per heavy atom. The summed E-state index contributed by atoms with van der Waals surface area (Å²) in [6.45, 7) is 4.47. The Kier molecular flexibility index (Phi) is 8.45. The molecule has 3 saturated heterocycles. The molecule has 0 aromatic heterocycles. The first-order chi connectivity index (χ1) is 19.3. The van der Waals surface area contributed by atoms with Gasteiger partial charge < -0.3 is 14.7 Å². The Morgan fingerprint density at radius 1 is 0.829 bits per heavy atom. The molecule has 224 valence electrons. The van der Waals surface area contributed by atoms with Crippen LogP contribution in [0.25, 0.3) is 0 Å². The number of carbonyl (C=O) groups is 1. The van der Waals surface area contributed by atoms with Gasteiger partial charge in [-0.3, -0.25) is 4.79 Å². The first-order valence-electron chi connectivity index (χ1n) is 14.4. The first-order valence-corrected chi connectivity index (χ1v) is 14.4. The summed E-state index contributed by atoms with van der Waals surface area (Å²) in [6, 6.07) is 10.6. The standard InChI is InChI=1S/C31H37F6N3O/c1-38-13-8-29(9-14-38)10-15-39(16-11-29)26-7-12-40(27(21-26)17-22-5-3-2-4-6-22)28(41)23-18-24(30(32,33)34)20-25(19-23)31(35,36)37/h2-6,18-20,26-27H,7-17,21H2,1H3. The predicted molar refractivity (Wildman–Crippen MR) is 144 cm³/mol. The zero-order valence-electron chi connectivity index (χ0n) is 23.3. The Morgan fingerprint density at radius 3 is 1.95 bits per heavy atom. The van der Waals surface area contributed by atoms with Gasteiger partial charge in [0.25, 0.3) is 5.91 Å². The minimum atomic E-state index is -5.01. The molecular weight excluding hydrogens is 544 g/mol. The van der Waals surface area contributed by atoms with E-state index >= 15 is 0 Å². The van der Waals surface area contributed by atoms with Crippen LogP contribution < -0.4 is 0 Å². The van der Waals surface area contributed by atoms with Gasteiger partial charge in [0.1, 0.15) is 0 Å². The van der Waals surface area contributed by atoms with Crippen molar-refractivity contribution < 1.29 is 31.1 Å². The Hall–Kier alpha value is -2.59. The molecule has 3 fully saturated rings. The molecule has 0 radical (unpaired) electrons. The number of benzene rings is 2. The van der Waals surface area contributed by atoms with E-state index in [2.05, 4.69) is 16.8 Å². The first kappa shape index (κ1) is 29.9. The molecule has 2 aromatic carbocycles.